The van der Waals surface area contributed by atoms with E-state index in [0.29, 0.717) is 40.6 Å². The van der Waals surface area contributed by atoms with Gasteiger partial charge in [0.25, 0.3) is 0 Å². The Morgan fingerprint density at radius 2 is 2.11 bits per heavy atom. The largest absolute Gasteiger partial charge is 0.494 e. The van der Waals surface area contributed by atoms with E-state index in [1.807, 2.05) is 35.8 Å². The summed E-state index contributed by atoms with van der Waals surface area (Å²) in [5, 5.41) is 22.9. The minimum absolute atomic E-state index is 0.161. The summed E-state index contributed by atoms with van der Waals surface area (Å²) in [6.07, 6.45) is 5.86. The lowest BCUT2D eigenvalue weighted by atomic mass is 9.69. The van der Waals surface area contributed by atoms with E-state index in [-0.39, 0.29) is 17.1 Å². The first-order valence-corrected chi connectivity index (χ1v) is 14.9. The van der Waals surface area contributed by atoms with Gasteiger partial charge < -0.3 is 10.1 Å². The minimum Gasteiger partial charge on any atom is -0.494 e. The monoisotopic (exact) mass is 549 g/mol. The third kappa shape index (κ3) is 5.97. The van der Waals surface area contributed by atoms with Crippen LogP contribution in [0.5, 0.6) is 5.75 Å². The Morgan fingerprint density at radius 1 is 1.34 bits per heavy atom. The maximum absolute atomic E-state index is 13.0. The highest BCUT2D eigenvalue weighted by Crippen LogP contribution is 2.45. The molecule has 1 aliphatic carbocycles. The number of nitriles is 1. The zero-order chi connectivity index (χ0) is 27.3. The topological polar surface area (TPSA) is 92.8 Å². The number of hydrogen-bond donors (Lipinski definition) is 1. The Bertz CT molecular complexity index is 1330. The summed E-state index contributed by atoms with van der Waals surface area (Å²) in [5.41, 5.74) is 2.92. The standard InChI is InChI=1S/C29H35N5O2S2/c1-6-15-34-26(19-9-12-21(13-10-19)36-8-3)32-33-28(34)37-18-25(35)31-27-23(17-30)22-14-11-20(16-24(22)38-27)29(4,5)7-2/h6,9-10,12-13,20H,1,7-8,11,14-16,18H2,2-5H3,(H,31,35). The summed E-state index contributed by atoms with van der Waals surface area (Å²) in [6, 6.07) is 10.1. The summed E-state index contributed by atoms with van der Waals surface area (Å²) in [6.45, 7) is 13.8. The number of hydrogen-bond acceptors (Lipinski definition) is 7. The highest BCUT2D eigenvalue weighted by Gasteiger charge is 2.34. The van der Waals surface area contributed by atoms with E-state index in [2.05, 4.69) is 48.9 Å². The minimum atomic E-state index is -0.161. The first-order valence-electron chi connectivity index (χ1n) is 13.1. The van der Waals surface area contributed by atoms with Gasteiger partial charge in [-0.05, 0) is 67.3 Å². The van der Waals surface area contributed by atoms with Crippen LogP contribution in [0.3, 0.4) is 0 Å². The molecule has 3 aromatic rings. The SMILES string of the molecule is C=CCn1c(SCC(=O)Nc2sc3c(c2C#N)CCC(C(C)(C)CC)C3)nnc1-c1ccc(OCC)cc1. The van der Waals surface area contributed by atoms with Crippen LogP contribution in [0.4, 0.5) is 5.00 Å². The number of nitrogens with one attached hydrogen (secondary N) is 1. The van der Waals surface area contributed by atoms with Gasteiger partial charge in [-0.25, -0.2) is 0 Å². The lowest BCUT2D eigenvalue weighted by Gasteiger charge is -2.36. The second-order valence-corrected chi connectivity index (χ2v) is 12.1. The Hall–Kier alpha value is -3.09. The van der Waals surface area contributed by atoms with Crippen LogP contribution >= 0.6 is 23.1 Å². The Morgan fingerprint density at radius 3 is 2.76 bits per heavy atom. The fourth-order valence-electron chi connectivity index (χ4n) is 4.81. The Kier molecular flexibility index (Phi) is 8.95. The molecule has 0 bridgehead atoms. The number of ether oxygens (including phenoxy) is 1. The van der Waals surface area contributed by atoms with Crippen molar-refractivity contribution in [3.63, 3.8) is 0 Å². The van der Waals surface area contributed by atoms with Gasteiger partial charge in [0.1, 0.15) is 16.8 Å². The molecule has 0 spiro atoms. The van der Waals surface area contributed by atoms with Gasteiger partial charge in [0.15, 0.2) is 11.0 Å². The van der Waals surface area contributed by atoms with Crippen LogP contribution in [0.15, 0.2) is 42.1 Å². The average molecular weight is 550 g/mol. The molecule has 0 saturated carbocycles. The predicted molar refractivity (Wildman–Crippen MR) is 155 cm³/mol. The number of fused-ring (bicyclic) bond motifs is 1. The van der Waals surface area contributed by atoms with Crippen molar-refractivity contribution in [3.05, 3.63) is 52.9 Å². The van der Waals surface area contributed by atoms with Gasteiger partial charge in [-0.3, -0.25) is 9.36 Å². The molecule has 4 rings (SSSR count). The van der Waals surface area contributed by atoms with E-state index in [0.717, 1.165) is 42.6 Å². The fraction of sp³-hybridized carbons (Fsp3) is 0.448. The van der Waals surface area contributed by atoms with E-state index in [4.69, 9.17) is 4.74 Å². The predicted octanol–water partition coefficient (Wildman–Crippen LogP) is 6.73. The molecule has 200 valence electrons. The highest BCUT2D eigenvalue weighted by atomic mass is 32.2. The third-order valence-corrected chi connectivity index (χ3v) is 9.57. The summed E-state index contributed by atoms with van der Waals surface area (Å²) in [4.78, 5) is 14.2. The lowest BCUT2D eigenvalue weighted by molar-refractivity contribution is -0.113. The number of thioether (sulfide) groups is 1. The number of thiophene rings is 1. The van der Waals surface area contributed by atoms with Gasteiger partial charge in [0.05, 0.1) is 17.9 Å². The molecule has 1 aromatic carbocycles. The molecule has 0 fully saturated rings. The number of benzene rings is 1. The zero-order valence-electron chi connectivity index (χ0n) is 22.5. The van der Waals surface area contributed by atoms with E-state index in [1.165, 1.54) is 16.6 Å². The second-order valence-electron chi connectivity index (χ2n) is 10.1. The van der Waals surface area contributed by atoms with Crippen LogP contribution in [0.2, 0.25) is 0 Å². The molecular formula is C29H35N5O2S2. The fourth-order valence-corrected chi connectivity index (χ4v) is 6.85. The van der Waals surface area contributed by atoms with Crippen molar-refractivity contribution < 1.29 is 9.53 Å². The molecule has 1 amide bonds. The van der Waals surface area contributed by atoms with Crippen LogP contribution in [0.1, 0.15) is 56.5 Å². The molecule has 7 nitrogen and oxygen atoms in total. The molecule has 2 aromatic heterocycles. The van der Waals surface area contributed by atoms with Crippen LogP contribution in [-0.2, 0) is 24.2 Å². The van der Waals surface area contributed by atoms with Crippen LogP contribution in [0, 0.1) is 22.7 Å². The first kappa shape index (κ1) is 27.9. The van der Waals surface area contributed by atoms with Crippen molar-refractivity contribution in [1.29, 1.82) is 5.26 Å². The number of anilines is 1. The Balaban J connectivity index is 1.45. The van der Waals surface area contributed by atoms with Gasteiger partial charge in [0.2, 0.25) is 5.91 Å². The van der Waals surface area contributed by atoms with Crippen LogP contribution < -0.4 is 10.1 Å². The van der Waals surface area contributed by atoms with Gasteiger partial charge in [-0.15, -0.1) is 28.1 Å². The highest BCUT2D eigenvalue weighted by molar-refractivity contribution is 7.99. The molecule has 38 heavy (non-hydrogen) atoms. The molecule has 1 N–H and O–H groups in total. The average Bonchev–Trinajstić information content (AvgIpc) is 3.48. The van der Waals surface area contributed by atoms with Gasteiger partial charge in [0, 0.05) is 17.0 Å². The first-order chi connectivity index (χ1) is 18.3. The smallest absolute Gasteiger partial charge is 0.235 e. The van der Waals surface area contributed by atoms with Crippen LogP contribution in [-0.4, -0.2) is 33.0 Å². The molecule has 2 heterocycles. The van der Waals surface area contributed by atoms with E-state index < -0.39 is 0 Å². The number of allylic oxidation sites excluding steroid dienone is 1. The number of aromatic nitrogens is 3. The quantitative estimate of drug-likeness (QED) is 0.210. The summed E-state index contributed by atoms with van der Waals surface area (Å²) in [7, 11) is 0. The maximum Gasteiger partial charge on any atom is 0.235 e. The molecular weight excluding hydrogens is 514 g/mol. The second kappa shape index (κ2) is 12.2. The number of nitrogens with zero attached hydrogens (tertiary/aromatic N) is 4. The molecule has 1 aliphatic rings. The molecule has 1 atom stereocenters. The van der Waals surface area contributed by atoms with Crippen molar-refractivity contribution in [1.82, 2.24) is 14.8 Å². The maximum atomic E-state index is 13.0. The van der Waals surface area contributed by atoms with E-state index in [9.17, 15) is 10.1 Å². The molecule has 9 heteroatoms. The summed E-state index contributed by atoms with van der Waals surface area (Å²) in [5.74, 6) is 2.10. The number of carbonyl (C=O) groups is 1. The number of carbonyl (C=O) groups excluding carboxylic acids is 1. The van der Waals surface area contributed by atoms with E-state index >= 15 is 0 Å². The van der Waals surface area contributed by atoms with Crippen molar-refractivity contribution in [2.45, 2.75) is 65.1 Å². The number of amides is 1. The molecule has 0 aliphatic heterocycles. The van der Waals surface area contributed by atoms with Crippen molar-refractivity contribution in [2.24, 2.45) is 11.3 Å². The van der Waals surface area contributed by atoms with Crippen molar-refractivity contribution in [2.75, 3.05) is 17.7 Å². The van der Waals surface area contributed by atoms with Crippen LogP contribution in [0.25, 0.3) is 11.4 Å². The lowest BCUT2D eigenvalue weighted by Crippen LogP contribution is -2.28. The molecule has 0 saturated heterocycles. The third-order valence-electron chi connectivity index (χ3n) is 7.43. The molecule has 0 radical (unpaired) electrons. The normalized spacial score (nSPS) is 15.0. The van der Waals surface area contributed by atoms with E-state index in [1.54, 1.807) is 17.4 Å². The van der Waals surface area contributed by atoms with Crippen molar-refractivity contribution >= 4 is 34.0 Å². The van der Waals surface area contributed by atoms with Gasteiger partial charge >= 0.3 is 0 Å². The summed E-state index contributed by atoms with van der Waals surface area (Å²) < 4.78 is 7.48. The number of rotatable bonds is 11. The molecule has 1 unspecified atom stereocenters. The summed E-state index contributed by atoms with van der Waals surface area (Å²) >= 11 is 2.89. The van der Waals surface area contributed by atoms with Crippen molar-refractivity contribution in [3.8, 4) is 23.2 Å². The van der Waals surface area contributed by atoms with Gasteiger partial charge in [-0.1, -0.05) is 45.0 Å². The van der Waals surface area contributed by atoms with Gasteiger partial charge in [-0.2, -0.15) is 5.26 Å². The zero-order valence-corrected chi connectivity index (χ0v) is 24.2. The Labute approximate surface area is 233 Å².